The van der Waals surface area contributed by atoms with Crippen LogP contribution in [0.1, 0.15) is 12.5 Å². The Labute approximate surface area is 158 Å². The first-order valence-electron chi connectivity index (χ1n) is 8.34. The molecule has 0 bridgehead atoms. The highest BCUT2D eigenvalue weighted by Crippen LogP contribution is 2.28. The fraction of sp³-hybridized carbons (Fsp3) is 0.300. The molecule has 0 saturated carbocycles. The molecule has 0 aliphatic carbocycles. The highest BCUT2D eigenvalue weighted by molar-refractivity contribution is 5.94. The van der Waals surface area contributed by atoms with E-state index in [0.29, 0.717) is 22.9 Å². The highest BCUT2D eigenvalue weighted by Gasteiger charge is 2.18. The molecule has 0 aliphatic rings. The first-order valence-corrected chi connectivity index (χ1v) is 8.34. The summed E-state index contributed by atoms with van der Waals surface area (Å²) < 4.78 is 20.9. The van der Waals surface area contributed by atoms with E-state index in [-0.39, 0.29) is 0 Å². The van der Waals surface area contributed by atoms with E-state index in [0.717, 1.165) is 5.56 Å². The molecule has 7 nitrogen and oxygen atoms in total. The van der Waals surface area contributed by atoms with Gasteiger partial charge in [0.05, 0.1) is 19.9 Å². The second-order valence-electron chi connectivity index (χ2n) is 5.80. The number of methoxy groups -OCH3 is 2. The van der Waals surface area contributed by atoms with E-state index in [2.05, 4.69) is 5.32 Å². The Morgan fingerprint density at radius 3 is 2.48 bits per heavy atom. The Hall–Kier alpha value is -3.22. The van der Waals surface area contributed by atoms with Crippen LogP contribution in [-0.2, 0) is 14.3 Å². The molecule has 7 heteroatoms. The van der Waals surface area contributed by atoms with Crippen LogP contribution in [0.4, 0.5) is 5.69 Å². The molecule has 0 spiro atoms. The Bertz CT molecular complexity index is 805. The van der Waals surface area contributed by atoms with Crippen LogP contribution in [0.25, 0.3) is 0 Å². The molecule has 2 aromatic carbocycles. The van der Waals surface area contributed by atoms with Crippen molar-refractivity contribution in [3.8, 4) is 17.2 Å². The van der Waals surface area contributed by atoms with Crippen molar-refractivity contribution < 1.29 is 28.5 Å². The van der Waals surface area contributed by atoms with Crippen LogP contribution in [0.2, 0.25) is 0 Å². The topological polar surface area (TPSA) is 83.1 Å². The first-order chi connectivity index (χ1) is 12.9. The quantitative estimate of drug-likeness (QED) is 0.717. The Morgan fingerprint density at radius 2 is 1.81 bits per heavy atom. The molecule has 0 heterocycles. The predicted octanol–water partition coefficient (Wildman–Crippen LogP) is 2.96. The zero-order valence-electron chi connectivity index (χ0n) is 15.8. The summed E-state index contributed by atoms with van der Waals surface area (Å²) in [4.78, 5) is 24.1. The Morgan fingerprint density at radius 1 is 1.04 bits per heavy atom. The molecule has 0 radical (unpaired) electrons. The lowest BCUT2D eigenvalue weighted by molar-refractivity contribution is -0.153. The van der Waals surface area contributed by atoms with Gasteiger partial charge in [0.25, 0.3) is 5.91 Å². The number of benzene rings is 2. The summed E-state index contributed by atoms with van der Waals surface area (Å²) in [6.45, 7) is 3.05. The van der Waals surface area contributed by atoms with Crippen LogP contribution in [-0.4, -0.2) is 38.8 Å². The molecule has 1 amide bonds. The number of nitrogens with one attached hydrogen (secondary N) is 1. The van der Waals surface area contributed by atoms with Crippen molar-refractivity contribution in [3.63, 3.8) is 0 Å². The summed E-state index contributed by atoms with van der Waals surface area (Å²) in [7, 11) is 3.02. The van der Waals surface area contributed by atoms with Gasteiger partial charge in [-0.15, -0.1) is 0 Å². The predicted molar refractivity (Wildman–Crippen MR) is 100 cm³/mol. The molecule has 0 fully saturated rings. The molecule has 2 aromatic rings. The van der Waals surface area contributed by atoms with Crippen molar-refractivity contribution in [2.45, 2.75) is 20.0 Å². The molecule has 1 atom stereocenters. The lowest BCUT2D eigenvalue weighted by Crippen LogP contribution is -2.29. The number of hydrogen-bond donors (Lipinski definition) is 1. The summed E-state index contributed by atoms with van der Waals surface area (Å²) in [6.07, 6.45) is -0.838. The van der Waals surface area contributed by atoms with Gasteiger partial charge in [0, 0.05) is 6.07 Å². The number of amides is 1. The fourth-order valence-electron chi connectivity index (χ4n) is 2.28. The Balaban J connectivity index is 1.86. The van der Waals surface area contributed by atoms with Crippen molar-refractivity contribution in [2.75, 3.05) is 26.1 Å². The zero-order valence-corrected chi connectivity index (χ0v) is 15.8. The van der Waals surface area contributed by atoms with E-state index >= 15 is 0 Å². The number of rotatable bonds is 8. The molecule has 0 aliphatic heterocycles. The van der Waals surface area contributed by atoms with Crippen LogP contribution >= 0.6 is 0 Å². The van der Waals surface area contributed by atoms with Crippen molar-refractivity contribution in [2.24, 2.45) is 0 Å². The molecule has 2 rings (SSSR count). The van der Waals surface area contributed by atoms with Crippen LogP contribution in [0, 0.1) is 6.92 Å². The van der Waals surface area contributed by atoms with Gasteiger partial charge in [-0.3, -0.25) is 4.79 Å². The smallest absolute Gasteiger partial charge is 0.347 e. The van der Waals surface area contributed by atoms with Crippen LogP contribution in [0.5, 0.6) is 17.2 Å². The molecule has 144 valence electrons. The SMILES string of the molecule is COc1ccc(NC(=O)COC(=O)[C@H](C)Oc2cccc(C)c2)c(OC)c1. The molecule has 27 heavy (non-hydrogen) atoms. The monoisotopic (exact) mass is 373 g/mol. The summed E-state index contributed by atoms with van der Waals surface area (Å²) in [5.74, 6) is 0.471. The maximum Gasteiger partial charge on any atom is 0.347 e. The number of carbonyl (C=O) groups is 2. The summed E-state index contributed by atoms with van der Waals surface area (Å²) in [6, 6.07) is 12.3. The van der Waals surface area contributed by atoms with E-state index in [4.69, 9.17) is 18.9 Å². The third kappa shape index (κ3) is 5.91. The number of anilines is 1. The number of ether oxygens (including phenoxy) is 4. The maximum atomic E-state index is 12.0. The molecule has 0 saturated heterocycles. The fourth-order valence-corrected chi connectivity index (χ4v) is 2.28. The minimum Gasteiger partial charge on any atom is -0.497 e. The number of aryl methyl sites for hydroxylation is 1. The average Bonchev–Trinajstić information content (AvgIpc) is 2.66. The summed E-state index contributed by atoms with van der Waals surface area (Å²) in [5.41, 5.74) is 1.46. The molecular weight excluding hydrogens is 350 g/mol. The maximum absolute atomic E-state index is 12.0. The van der Waals surface area contributed by atoms with Crippen LogP contribution in [0.15, 0.2) is 42.5 Å². The number of esters is 1. The van der Waals surface area contributed by atoms with E-state index < -0.39 is 24.6 Å². The van der Waals surface area contributed by atoms with E-state index in [9.17, 15) is 9.59 Å². The van der Waals surface area contributed by atoms with Gasteiger partial charge in [-0.05, 0) is 43.7 Å². The van der Waals surface area contributed by atoms with Gasteiger partial charge >= 0.3 is 5.97 Å². The van der Waals surface area contributed by atoms with Gasteiger partial charge in [-0.2, -0.15) is 0 Å². The van der Waals surface area contributed by atoms with Crippen molar-refractivity contribution in [1.82, 2.24) is 0 Å². The molecule has 0 unspecified atom stereocenters. The van der Waals surface area contributed by atoms with Gasteiger partial charge < -0.3 is 24.3 Å². The van der Waals surface area contributed by atoms with Gasteiger partial charge in [-0.1, -0.05) is 12.1 Å². The minimum atomic E-state index is -0.838. The zero-order chi connectivity index (χ0) is 19.8. The van der Waals surface area contributed by atoms with E-state index in [1.807, 2.05) is 25.1 Å². The summed E-state index contributed by atoms with van der Waals surface area (Å²) >= 11 is 0. The highest BCUT2D eigenvalue weighted by atomic mass is 16.6. The van der Waals surface area contributed by atoms with Gasteiger partial charge in [0.1, 0.15) is 17.2 Å². The standard InChI is InChI=1S/C20H23NO6/c1-13-6-5-7-16(10-13)27-14(2)20(23)26-12-19(22)21-17-9-8-15(24-3)11-18(17)25-4/h5-11,14H,12H2,1-4H3,(H,21,22)/t14-/m0/s1. The summed E-state index contributed by atoms with van der Waals surface area (Å²) in [5, 5.41) is 2.63. The third-order valence-corrected chi connectivity index (χ3v) is 3.66. The second kappa shape index (κ2) is 9.47. The first kappa shape index (κ1) is 20.1. The number of hydrogen-bond acceptors (Lipinski definition) is 6. The van der Waals surface area contributed by atoms with E-state index in [1.54, 1.807) is 31.2 Å². The van der Waals surface area contributed by atoms with Crippen LogP contribution < -0.4 is 19.5 Å². The molecular formula is C20H23NO6. The normalized spacial score (nSPS) is 11.3. The molecule has 1 N–H and O–H groups in total. The van der Waals surface area contributed by atoms with Gasteiger partial charge in [0.2, 0.25) is 0 Å². The van der Waals surface area contributed by atoms with Crippen molar-refractivity contribution >= 4 is 17.6 Å². The van der Waals surface area contributed by atoms with Gasteiger partial charge in [-0.25, -0.2) is 4.79 Å². The van der Waals surface area contributed by atoms with Crippen molar-refractivity contribution in [1.29, 1.82) is 0 Å². The van der Waals surface area contributed by atoms with E-state index in [1.165, 1.54) is 14.2 Å². The second-order valence-corrected chi connectivity index (χ2v) is 5.80. The third-order valence-electron chi connectivity index (χ3n) is 3.66. The van der Waals surface area contributed by atoms with Crippen molar-refractivity contribution in [3.05, 3.63) is 48.0 Å². The van der Waals surface area contributed by atoms with Crippen LogP contribution in [0.3, 0.4) is 0 Å². The molecule has 0 aromatic heterocycles. The Kier molecular flexibility index (Phi) is 7.05. The lowest BCUT2D eigenvalue weighted by Gasteiger charge is -2.15. The largest absolute Gasteiger partial charge is 0.497 e. The lowest BCUT2D eigenvalue weighted by atomic mass is 10.2. The number of carbonyl (C=O) groups excluding carboxylic acids is 2. The average molecular weight is 373 g/mol. The van der Waals surface area contributed by atoms with Gasteiger partial charge in [0.15, 0.2) is 12.7 Å². The minimum absolute atomic E-state index is 0.435.